The molecule has 3 nitrogen and oxygen atoms in total. The summed E-state index contributed by atoms with van der Waals surface area (Å²) >= 11 is 1.41. The van der Waals surface area contributed by atoms with E-state index in [9.17, 15) is 4.79 Å². The van der Waals surface area contributed by atoms with Crippen LogP contribution in [0.25, 0.3) is 11.3 Å². The fourth-order valence-electron chi connectivity index (χ4n) is 1.51. The molecule has 0 atom stereocenters. The first-order valence-corrected chi connectivity index (χ1v) is 6.14. The van der Waals surface area contributed by atoms with Crippen LogP contribution in [0, 0.1) is 6.92 Å². The number of rotatable bonds is 3. The molecule has 2 aromatic rings. The van der Waals surface area contributed by atoms with E-state index in [4.69, 9.17) is 0 Å². The van der Waals surface area contributed by atoms with Crippen LogP contribution in [-0.4, -0.2) is 25.4 Å². The number of thiazole rings is 1. The third kappa shape index (κ3) is 2.36. The zero-order chi connectivity index (χ0) is 12.4. The van der Waals surface area contributed by atoms with Crippen molar-refractivity contribution in [2.45, 2.75) is 6.92 Å². The van der Waals surface area contributed by atoms with Gasteiger partial charge in [0.1, 0.15) is 0 Å². The van der Waals surface area contributed by atoms with Crippen LogP contribution in [0.3, 0.4) is 0 Å². The Labute approximate surface area is 105 Å². The van der Waals surface area contributed by atoms with E-state index in [1.54, 1.807) is 0 Å². The Bertz CT molecular complexity index is 529. The second-order valence-electron chi connectivity index (χ2n) is 4.09. The van der Waals surface area contributed by atoms with Crippen LogP contribution in [-0.2, 0) is 0 Å². The van der Waals surface area contributed by atoms with Crippen molar-refractivity contribution < 1.29 is 4.79 Å². The van der Waals surface area contributed by atoms with E-state index < -0.39 is 0 Å². The molecule has 0 saturated carbocycles. The second-order valence-corrected chi connectivity index (χ2v) is 5.10. The zero-order valence-electron chi connectivity index (χ0n) is 10.1. The highest BCUT2D eigenvalue weighted by atomic mass is 32.1. The number of benzene rings is 1. The fourth-order valence-corrected chi connectivity index (χ4v) is 2.33. The number of hydrogen-bond acceptors (Lipinski definition) is 4. The van der Waals surface area contributed by atoms with Crippen LogP contribution in [0.2, 0.25) is 0 Å². The van der Waals surface area contributed by atoms with Gasteiger partial charge in [-0.1, -0.05) is 41.2 Å². The second kappa shape index (κ2) is 4.67. The molecule has 0 bridgehead atoms. The Balaban J connectivity index is 2.50. The molecular weight excluding hydrogens is 232 g/mol. The monoisotopic (exact) mass is 246 g/mol. The predicted octanol–water partition coefficient (Wildman–Crippen LogP) is 3.00. The number of carbonyl (C=O) groups excluding carboxylic acids is 1. The molecule has 0 aliphatic rings. The summed E-state index contributed by atoms with van der Waals surface area (Å²) in [5, 5.41) is 0.850. The van der Waals surface area contributed by atoms with Crippen LogP contribution in [0.4, 0.5) is 5.13 Å². The van der Waals surface area contributed by atoms with E-state index in [2.05, 4.69) is 4.98 Å². The third-order valence-electron chi connectivity index (χ3n) is 2.46. The van der Waals surface area contributed by atoms with Gasteiger partial charge in [-0.15, -0.1) is 0 Å². The Kier molecular flexibility index (Phi) is 3.24. The first kappa shape index (κ1) is 11.8. The minimum absolute atomic E-state index is 0.678. The normalized spacial score (nSPS) is 10.3. The molecule has 1 heterocycles. The maximum Gasteiger partial charge on any atom is 0.186 e. The van der Waals surface area contributed by atoms with Gasteiger partial charge in [-0.25, -0.2) is 4.98 Å². The lowest BCUT2D eigenvalue weighted by Gasteiger charge is -2.05. The number of hydrogen-bond donors (Lipinski definition) is 0. The molecular formula is C13H14N2OS. The largest absolute Gasteiger partial charge is 0.354 e. The van der Waals surface area contributed by atoms with E-state index in [1.165, 1.54) is 16.9 Å². The molecule has 0 radical (unpaired) electrons. The first-order chi connectivity index (χ1) is 8.11. The van der Waals surface area contributed by atoms with Gasteiger partial charge in [0, 0.05) is 19.7 Å². The standard InChI is InChI=1S/C13H14N2OS/c1-9-4-6-10(7-5-9)12-11(8-16)17-13(14-12)15(2)3/h4-8H,1-3H3. The van der Waals surface area contributed by atoms with E-state index in [1.807, 2.05) is 50.2 Å². The molecule has 0 unspecified atom stereocenters. The van der Waals surface area contributed by atoms with Gasteiger partial charge in [-0.2, -0.15) is 0 Å². The van der Waals surface area contributed by atoms with Crippen LogP contribution in [0.5, 0.6) is 0 Å². The Morgan fingerprint density at radius 3 is 2.41 bits per heavy atom. The fraction of sp³-hybridized carbons (Fsp3) is 0.231. The molecule has 0 N–H and O–H groups in total. The van der Waals surface area contributed by atoms with Crippen molar-refractivity contribution in [3.05, 3.63) is 34.7 Å². The lowest BCUT2D eigenvalue weighted by atomic mass is 10.1. The molecule has 0 fully saturated rings. The van der Waals surface area contributed by atoms with Crippen molar-refractivity contribution in [1.29, 1.82) is 0 Å². The van der Waals surface area contributed by atoms with Crippen LogP contribution >= 0.6 is 11.3 Å². The van der Waals surface area contributed by atoms with Gasteiger partial charge in [0.25, 0.3) is 0 Å². The smallest absolute Gasteiger partial charge is 0.186 e. The lowest BCUT2D eigenvalue weighted by molar-refractivity contribution is 0.112. The summed E-state index contributed by atoms with van der Waals surface area (Å²) in [5.41, 5.74) is 2.96. The van der Waals surface area contributed by atoms with Gasteiger partial charge in [0.15, 0.2) is 11.4 Å². The van der Waals surface area contributed by atoms with Crippen molar-refractivity contribution in [3.63, 3.8) is 0 Å². The number of nitrogens with zero attached hydrogens (tertiary/aromatic N) is 2. The number of aryl methyl sites for hydroxylation is 1. The minimum Gasteiger partial charge on any atom is -0.354 e. The summed E-state index contributed by atoms with van der Waals surface area (Å²) in [5.74, 6) is 0. The minimum atomic E-state index is 0.678. The average molecular weight is 246 g/mol. The summed E-state index contributed by atoms with van der Waals surface area (Å²) < 4.78 is 0. The topological polar surface area (TPSA) is 33.2 Å². The number of carbonyl (C=O) groups is 1. The summed E-state index contributed by atoms with van der Waals surface area (Å²) in [6, 6.07) is 8.05. The molecule has 1 aromatic carbocycles. The summed E-state index contributed by atoms with van der Waals surface area (Å²) in [7, 11) is 3.85. The molecule has 4 heteroatoms. The molecule has 17 heavy (non-hydrogen) atoms. The van der Waals surface area contributed by atoms with E-state index >= 15 is 0 Å². The van der Waals surface area contributed by atoms with Crippen LogP contribution in [0.1, 0.15) is 15.2 Å². The Morgan fingerprint density at radius 2 is 1.88 bits per heavy atom. The SMILES string of the molecule is Cc1ccc(-c2nc(N(C)C)sc2C=O)cc1. The maximum absolute atomic E-state index is 11.1. The van der Waals surface area contributed by atoms with Gasteiger partial charge in [0.2, 0.25) is 0 Å². The van der Waals surface area contributed by atoms with Gasteiger partial charge in [-0.05, 0) is 6.92 Å². The quantitative estimate of drug-likeness (QED) is 0.781. The number of anilines is 1. The maximum atomic E-state index is 11.1. The molecule has 0 aliphatic heterocycles. The predicted molar refractivity (Wildman–Crippen MR) is 72.0 cm³/mol. The Morgan fingerprint density at radius 1 is 1.24 bits per heavy atom. The summed E-state index contributed by atoms with van der Waals surface area (Å²) in [4.78, 5) is 18.1. The molecule has 0 amide bonds. The molecule has 0 aliphatic carbocycles. The summed E-state index contributed by atoms with van der Waals surface area (Å²) in [6.07, 6.45) is 0.875. The average Bonchev–Trinajstić information content (AvgIpc) is 2.74. The lowest BCUT2D eigenvalue weighted by Crippen LogP contribution is -2.07. The van der Waals surface area contributed by atoms with Crippen LogP contribution < -0.4 is 4.90 Å². The Hall–Kier alpha value is -1.68. The zero-order valence-corrected chi connectivity index (χ0v) is 10.9. The highest BCUT2D eigenvalue weighted by Crippen LogP contribution is 2.31. The van der Waals surface area contributed by atoms with E-state index in [0.717, 1.165) is 22.7 Å². The molecule has 0 saturated heterocycles. The highest BCUT2D eigenvalue weighted by Gasteiger charge is 2.13. The van der Waals surface area contributed by atoms with Gasteiger partial charge >= 0.3 is 0 Å². The first-order valence-electron chi connectivity index (χ1n) is 5.32. The van der Waals surface area contributed by atoms with Gasteiger partial charge in [0.05, 0.1) is 10.6 Å². The summed E-state index contributed by atoms with van der Waals surface area (Å²) in [6.45, 7) is 2.04. The number of aldehydes is 1. The van der Waals surface area contributed by atoms with E-state index in [-0.39, 0.29) is 0 Å². The van der Waals surface area contributed by atoms with Crippen LogP contribution in [0.15, 0.2) is 24.3 Å². The van der Waals surface area contributed by atoms with E-state index in [0.29, 0.717) is 4.88 Å². The van der Waals surface area contributed by atoms with Crippen molar-refractivity contribution in [2.24, 2.45) is 0 Å². The van der Waals surface area contributed by atoms with Crippen molar-refractivity contribution in [3.8, 4) is 11.3 Å². The molecule has 2 rings (SSSR count). The molecule has 88 valence electrons. The highest BCUT2D eigenvalue weighted by molar-refractivity contribution is 7.17. The van der Waals surface area contributed by atoms with Crippen molar-refractivity contribution in [1.82, 2.24) is 4.98 Å². The van der Waals surface area contributed by atoms with Gasteiger partial charge < -0.3 is 4.90 Å². The van der Waals surface area contributed by atoms with Crippen molar-refractivity contribution in [2.75, 3.05) is 19.0 Å². The molecule has 0 spiro atoms. The number of aromatic nitrogens is 1. The van der Waals surface area contributed by atoms with Crippen molar-refractivity contribution >= 4 is 22.8 Å². The third-order valence-corrected chi connectivity index (χ3v) is 3.61. The molecule has 1 aromatic heterocycles. The van der Waals surface area contributed by atoms with Gasteiger partial charge in [-0.3, -0.25) is 4.79 Å².